The number of hydrogen-bond donors (Lipinski definition) is 1. The zero-order valence-corrected chi connectivity index (χ0v) is 10.7. The van der Waals surface area contributed by atoms with Gasteiger partial charge >= 0.3 is 0 Å². The van der Waals surface area contributed by atoms with Crippen molar-refractivity contribution >= 4 is 5.78 Å². The van der Waals surface area contributed by atoms with Crippen LogP contribution >= 0.6 is 0 Å². The van der Waals surface area contributed by atoms with Crippen molar-refractivity contribution < 1.29 is 4.79 Å². The molecule has 16 heavy (non-hydrogen) atoms. The fourth-order valence-corrected chi connectivity index (χ4v) is 3.54. The smallest absolute Gasteiger partial charge is 0.140 e. The van der Waals surface area contributed by atoms with Crippen LogP contribution in [0.5, 0.6) is 0 Å². The molecule has 1 heterocycles. The van der Waals surface area contributed by atoms with Crippen molar-refractivity contribution in [1.82, 2.24) is 5.32 Å². The molecule has 2 aliphatic rings. The third-order valence-electron chi connectivity index (χ3n) is 4.68. The highest BCUT2D eigenvalue weighted by atomic mass is 16.1. The van der Waals surface area contributed by atoms with E-state index in [1.54, 1.807) is 0 Å². The van der Waals surface area contributed by atoms with Crippen LogP contribution in [-0.4, -0.2) is 18.9 Å². The van der Waals surface area contributed by atoms with Gasteiger partial charge < -0.3 is 5.32 Å². The molecule has 2 heteroatoms. The molecule has 2 nitrogen and oxygen atoms in total. The average Bonchev–Trinajstić information content (AvgIpc) is 2.74. The Balaban J connectivity index is 2.01. The fraction of sp³-hybridized carbons (Fsp3) is 0.929. The third-order valence-corrected chi connectivity index (χ3v) is 4.68. The van der Waals surface area contributed by atoms with E-state index in [4.69, 9.17) is 0 Å². The average molecular weight is 223 g/mol. The lowest BCUT2D eigenvalue weighted by Gasteiger charge is -2.32. The fourth-order valence-electron chi connectivity index (χ4n) is 3.54. The Morgan fingerprint density at radius 1 is 1.19 bits per heavy atom. The van der Waals surface area contributed by atoms with Crippen LogP contribution in [0.25, 0.3) is 0 Å². The van der Waals surface area contributed by atoms with E-state index in [0.717, 1.165) is 19.5 Å². The lowest BCUT2D eigenvalue weighted by molar-refractivity contribution is -0.130. The van der Waals surface area contributed by atoms with E-state index in [0.29, 0.717) is 29.5 Å². The highest BCUT2D eigenvalue weighted by molar-refractivity contribution is 5.84. The molecule has 0 amide bonds. The molecule has 1 aliphatic carbocycles. The number of rotatable bonds is 3. The summed E-state index contributed by atoms with van der Waals surface area (Å²) < 4.78 is 0. The molecule has 2 rings (SSSR count). The topological polar surface area (TPSA) is 29.1 Å². The molecule has 1 saturated carbocycles. The van der Waals surface area contributed by atoms with Gasteiger partial charge in [0, 0.05) is 18.4 Å². The van der Waals surface area contributed by atoms with E-state index in [1.807, 2.05) is 0 Å². The Bertz CT molecular complexity index is 251. The molecule has 1 N–H and O–H groups in total. The maximum absolute atomic E-state index is 12.5. The van der Waals surface area contributed by atoms with Crippen molar-refractivity contribution in [3.8, 4) is 0 Å². The third kappa shape index (κ3) is 2.32. The predicted molar refractivity (Wildman–Crippen MR) is 66.3 cm³/mol. The minimum Gasteiger partial charge on any atom is -0.316 e. The first-order chi connectivity index (χ1) is 7.74. The summed E-state index contributed by atoms with van der Waals surface area (Å²) in [5.41, 5.74) is 0. The molecule has 92 valence electrons. The summed E-state index contributed by atoms with van der Waals surface area (Å²) in [6.07, 6.45) is 6.22. The number of hydrogen-bond acceptors (Lipinski definition) is 2. The minimum atomic E-state index is 0.303. The van der Waals surface area contributed by atoms with Crippen molar-refractivity contribution in [2.45, 2.75) is 46.0 Å². The zero-order valence-electron chi connectivity index (χ0n) is 10.7. The number of Topliss-reactive ketones (excluding diaryl/α,β-unsaturated/α-hetero) is 1. The first-order valence-electron chi connectivity index (χ1n) is 6.98. The SMILES string of the molecule is CCC1CCCCC1C(=O)C1CNCC1C. The second kappa shape index (κ2) is 5.31. The summed E-state index contributed by atoms with van der Waals surface area (Å²) in [5, 5.41) is 3.35. The van der Waals surface area contributed by atoms with Crippen LogP contribution in [0.2, 0.25) is 0 Å². The molecule has 1 aliphatic heterocycles. The lowest BCUT2D eigenvalue weighted by Crippen LogP contribution is -2.34. The van der Waals surface area contributed by atoms with Crippen LogP contribution in [0.4, 0.5) is 0 Å². The Morgan fingerprint density at radius 2 is 1.94 bits per heavy atom. The molecule has 0 aromatic carbocycles. The summed E-state index contributed by atoms with van der Waals surface area (Å²) in [6, 6.07) is 0. The van der Waals surface area contributed by atoms with E-state index < -0.39 is 0 Å². The number of nitrogens with one attached hydrogen (secondary N) is 1. The van der Waals surface area contributed by atoms with Crippen LogP contribution in [0, 0.1) is 23.7 Å². The molecule has 1 saturated heterocycles. The minimum absolute atomic E-state index is 0.303. The maximum atomic E-state index is 12.5. The van der Waals surface area contributed by atoms with E-state index in [-0.39, 0.29) is 0 Å². The molecular formula is C14H25NO. The summed E-state index contributed by atoms with van der Waals surface area (Å²) in [5.74, 6) is 2.48. The molecule has 0 bridgehead atoms. The summed E-state index contributed by atoms with van der Waals surface area (Å²) in [4.78, 5) is 12.5. The van der Waals surface area contributed by atoms with E-state index >= 15 is 0 Å². The Hall–Kier alpha value is -0.370. The highest BCUT2D eigenvalue weighted by Crippen LogP contribution is 2.36. The Morgan fingerprint density at radius 3 is 2.56 bits per heavy atom. The van der Waals surface area contributed by atoms with Gasteiger partial charge in [-0.2, -0.15) is 0 Å². The zero-order chi connectivity index (χ0) is 11.5. The summed E-state index contributed by atoms with van der Waals surface area (Å²) in [6.45, 7) is 6.41. The standard InChI is InChI=1S/C14H25NO/c1-3-11-6-4-5-7-12(11)14(16)13-9-15-8-10(13)2/h10-13,15H,3-9H2,1-2H3. The van der Waals surface area contributed by atoms with Gasteiger partial charge in [-0.25, -0.2) is 0 Å². The normalized spacial score (nSPS) is 39.9. The lowest BCUT2D eigenvalue weighted by atomic mass is 9.71. The number of ketones is 1. The van der Waals surface area contributed by atoms with Gasteiger partial charge in [-0.15, -0.1) is 0 Å². The first kappa shape index (κ1) is 12.1. The number of carbonyl (C=O) groups excluding carboxylic acids is 1. The molecule has 0 spiro atoms. The van der Waals surface area contributed by atoms with Gasteiger partial charge in [0.1, 0.15) is 5.78 Å². The van der Waals surface area contributed by atoms with Crippen LogP contribution in [-0.2, 0) is 4.79 Å². The quantitative estimate of drug-likeness (QED) is 0.797. The molecule has 4 atom stereocenters. The molecule has 2 fully saturated rings. The Kier molecular flexibility index (Phi) is 4.01. The van der Waals surface area contributed by atoms with Crippen molar-refractivity contribution in [2.24, 2.45) is 23.7 Å². The second-order valence-corrected chi connectivity index (χ2v) is 5.70. The van der Waals surface area contributed by atoms with E-state index in [1.165, 1.54) is 25.7 Å². The van der Waals surface area contributed by atoms with E-state index in [2.05, 4.69) is 19.2 Å². The molecule has 4 unspecified atom stereocenters. The molecular weight excluding hydrogens is 198 g/mol. The van der Waals surface area contributed by atoms with Gasteiger partial charge in [0.15, 0.2) is 0 Å². The van der Waals surface area contributed by atoms with Gasteiger partial charge in [-0.3, -0.25) is 4.79 Å². The Labute approximate surface area is 99.2 Å². The molecule has 0 aromatic rings. The molecule has 0 radical (unpaired) electrons. The monoisotopic (exact) mass is 223 g/mol. The van der Waals surface area contributed by atoms with Crippen molar-refractivity contribution in [2.75, 3.05) is 13.1 Å². The van der Waals surface area contributed by atoms with Gasteiger partial charge in [-0.1, -0.05) is 33.1 Å². The van der Waals surface area contributed by atoms with Gasteiger partial charge in [-0.05, 0) is 31.2 Å². The maximum Gasteiger partial charge on any atom is 0.140 e. The number of carbonyl (C=O) groups is 1. The van der Waals surface area contributed by atoms with Gasteiger partial charge in [0.2, 0.25) is 0 Å². The highest BCUT2D eigenvalue weighted by Gasteiger charge is 2.37. The van der Waals surface area contributed by atoms with Crippen LogP contribution in [0.3, 0.4) is 0 Å². The van der Waals surface area contributed by atoms with Crippen LogP contribution in [0.15, 0.2) is 0 Å². The summed E-state index contributed by atoms with van der Waals surface area (Å²) >= 11 is 0. The first-order valence-corrected chi connectivity index (χ1v) is 6.98. The van der Waals surface area contributed by atoms with E-state index in [9.17, 15) is 4.79 Å². The summed E-state index contributed by atoms with van der Waals surface area (Å²) in [7, 11) is 0. The van der Waals surface area contributed by atoms with Crippen molar-refractivity contribution in [3.05, 3.63) is 0 Å². The van der Waals surface area contributed by atoms with Crippen molar-refractivity contribution in [3.63, 3.8) is 0 Å². The van der Waals surface area contributed by atoms with Crippen LogP contribution in [0.1, 0.15) is 46.0 Å². The molecule has 0 aromatic heterocycles. The largest absolute Gasteiger partial charge is 0.316 e. The van der Waals surface area contributed by atoms with Crippen LogP contribution < -0.4 is 5.32 Å². The van der Waals surface area contributed by atoms with Gasteiger partial charge in [0.25, 0.3) is 0 Å². The second-order valence-electron chi connectivity index (χ2n) is 5.70. The van der Waals surface area contributed by atoms with Gasteiger partial charge in [0.05, 0.1) is 0 Å². The predicted octanol–water partition coefficient (Wildman–Crippen LogP) is 2.63. The van der Waals surface area contributed by atoms with Crippen molar-refractivity contribution in [1.29, 1.82) is 0 Å².